The minimum atomic E-state index is -1.89. The lowest BCUT2D eigenvalue weighted by atomic mass is 9.27. The zero-order valence-corrected chi connectivity index (χ0v) is 19.4. The molecule has 0 bridgehead atoms. The van der Waals surface area contributed by atoms with E-state index in [0.717, 1.165) is 40.6 Å². The lowest BCUT2D eigenvalue weighted by Gasteiger charge is -2.39. The van der Waals surface area contributed by atoms with E-state index in [-0.39, 0.29) is 17.5 Å². The first-order valence-electron chi connectivity index (χ1n) is 12.4. The molecule has 1 fully saturated rings. The average molecular weight is 470 g/mol. The van der Waals surface area contributed by atoms with Crippen LogP contribution in [0.1, 0.15) is 43.4 Å². The highest BCUT2D eigenvalue weighted by atomic mass is 19.1. The smallest absolute Gasteiger partial charge is 0.420 e. The van der Waals surface area contributed by atoms with Gasteiger partial charge in [0.15, 0.2) is 6.26 Å². The Bertz CT molecular complexity index is 1330. The number of benzene rings is 3. The normalized spacial score (nSPS) is 17.6. The van der Waals surface area contributed by atoms with Crippen LogP contribution in [-0.4, -0.2) is 6.35 Å². The van der Waals surface area contributed by atoms with Crippen LogP contribution in [0.4, 0.5) is 13.2 Å². The van der Waals surface area contributed by atoms with E-state index >= 15 is 0 Å². The van der Waals surface area contributed by atoms with Crippen LogP contribution < -0.4 is 10.9 Å². The number of allylic oxidation sites excluding steroid dienone is 1. The lowest BCUT2D eigenvalue weighted by Crippen LogP contribution is -2.59. The van der Waals surface area contributed by atoms with E-state index in [2.05, 4.69) is 10.0 Å². The number of furan rings is 1. The van der Waals surface area contributed by atoms with E-state index in [1.165, 1.54) is 61.2 Å². The number of halogens is 3. The number of rotatable bonds is 4. The summed E-state index contributed by atoms with van der Waals surface area (Å²) in [5, 5.41) is 0. The van der Waals surface area contributed by atoms with Gasteiger partial charge >= 0.3 is 6.35 Å². The van der Waals surface area contributed by atoms with Crippen molar-refractivity contribution in [3.63, 3.8) is 0 Å². The fraction of sp³-hybridized carbons (Fsp3) is 0.200. The molecule has 1 aromatic heterocycles. The quantitative estimate of drug-likeness (QED) is 0.222. The van der Waals surface area contributed by atoms with Gasteiger partial charge in [0.1, 0.15) is 17.5 Å². The van der Waals surface area contributed by atoms with Gasteiger partial charge < -0.3 is 3.96 Å². The molecule has 1 saturated carbocycles. The number of hydrogen-bond donors (Lipinski definition) is 0. The van der Waals surface area contributed by atoms with Crippen molar-refractivity contribution in [2.45, 2.75) is 32.1 Å². The maximum atomic E-state index is 14.1. The summed E-state index contributed by atoms with van der Waals surface area (Å²) in [6.07, 6.45) is 5.86. The van der Waals surface area contributed by atoms with Crippen LogP contribution in [0.5, 0.6) is 0 Å². The third kappa shape index (κ3) is 3.48. The maximum absolute atomic E-state index is 14.1. The molecule has 6 rings (SSSR count). The minimum absolute atomic E-state index is 0.291. The Balaban J connectivity index is 1.74. The highest BCUT2D eigenvalue weighted by molar-refractivity contribution is 7.12. The molecule has 0 radical (unpaired) electrons. The Hall–Kier alpha value is -3.47. The molecule has 35 heavy (non-hydrogen) atoms. The van der Waals surface area contributed by atoms with Crippen molar-refractivity contribution in [1.29, 1.82) is 0 Å². The molecule has 0 unspecified atom stereocenters. The molecule has 1 aliphatic heterocycles. The van der Waals surface area contributed by atoms with Crippen molar-refractivity contribution in [1.82, 2.24) is 0 Å². The van der Waals surface area contributed by atoms with E-state index in [1.54, 1.807) is 0 Å². The predicted molar refractivity (Wildman–Crippen MR) is 136 cm³/mol. The summed E-state index contributed by atoms with van der Waals surface area (Å²) in [4.78, 5) is 0. The first kappa shape index (κ1) is 22.0. The van der Waals surface area contributed by atoms with Crippen molar-refractivity contribution >= 4 is 28.3 Å². The van der Waals surface area contributed by atoms with Gasteiger partial charge in [0.05, 0.1) is 0 Å². The molecular weight excluding hydrogens is 444 g/mol. The molecule has 1 nitrogen and oxygen atoms in total. The van der Waals surface area contributed by atoms with Crippen LogP contribution >= 0.6 is 0 Å². The van der Waals surface area contributed by atoms with E-state index in [9.17, 15) is 13.2 Å². The lowest BCUT2D eigenvalue weighted by molar-refractivity contribution is 0.363. The summed E-state index contributed by atoms with van der Waals surface area (Å²) < 4.78 is 45.7. The predicted octanol–water partition coefficient (Wildman–Crippen LogP) is 7.04. The van der Waals surface area contributed by atoms with E-state index in [1.807, 2.05) is 48.7 Å². The van der Waals surface area contributed by atoms with Gasteiger partial charge in [-0.05, 0) is 55.2 Å². The van der Waals surface area contributed by atoms with Gasteiger partial charge in [-0.15, -0.1) is 10.9 Å². The van der Waals surface area contributed by atoms with Crippen molar-refractivity contribution in [2.75, 3.05) is 0 Å². The Morgan fingerprint density at radius 1 is 0.629 bits per heavy atom. The molecule has 4 aromatic rings. The zero-order valence-electron chi connectivity index (χ0n) is 19.4. The molecule has 2 heterocycles. The summed E-state index contributed by atoms with van der Waals surface area (Å²) in [7, 11) is 0. The molecular formula is C30H26BF3O. The fourth-order valence-electron chi connectivity index (χ4n) is 6.49. The first-order chi connectivity index (χ1) is 17.1. The van der Waals surface area contributed by atoms with Gasteiger partial charge in [0, 0.05) is 17.7 Å². The topological polar surface area (TPSA) is 2.70 Å². The van der Waals surface area contributed by atoms with E-state index < -0.39 is 6.35 Å². The Morgan fingerprint density at radius 3 is 1.69 bits per heavy atom. The van der Waals surface area contributed by atoms with Crippen molar-refractivity contribution < 1.29 is 17.1 Å². The second kappa shape index (κ2) is 8.64. The van der Waals surface area contributed by atoms with Crippen LogP contribution in [0.3, 0.4) is 0 Å². The molecule has 3 aromatic carbocycles. The van der Waals surface area contributed by atoms with Crippen LogP contribution in [0.15, 0.2) is 95.2 Å². The molecule has 176 valence electrons. The highest BCUT2D eigenvalue weighted by Gasteiger charge is 2.53. The summed E-state index contributed by atoms with van der Waals surface area (Å²) in [5.74, 6) is 0.503. The number of hydrogen-bond acceptors (Lipinski definition) is 0. The minimum Gasteiger partial charge on any atom is -0.777 e. The van der Waals surface area contributed by atoms with Crippen LogP contribution in [0.2, 0.25) is 0 Å². The van der Waals surface area contributed by atoms with Gasteiger partial charge in [-0.25, -0.2) is 13.2 Å². The first-order valence-corrected chi connectivity index (χ1v) is 12.4. The summed E-state index contributed by atoms with van der Waals surface area (Å²) in [5.41, 5.74) is 5.09. The van der Waals surface area contributed by atoms with E-state index in [0.29, 0.717) is 5.92 Å². The molecule has 0 N–H and O–H groups in total. The Morgan fingerprint density at radius 2 is 1.14 bits per heavy atom. The summed E-state index contributed by atoms with van der Waals surface area (Å²) in [6, 6.07) is 24.0. The van der Waals surface area contributed by atoms with Gasteiger partial charge in [0.25, 0.3) is 0 Å². The summed E-state index contributed by atoms with van der Waals surface area (Å²) in [6.45, 7) is 0. The van der Waals surface area contributed by atoms with Crippen molar-refractivity contribution in [2.24, 2.45) is 5.92 Å². The molecule has 5 heteroatoms. The molecule has 0 saturated heterocycles. The third-order valence-corrected chi connectivity index (χ3v) is 7.92. The largest absolute Gasteiger partial charge is 0.777 e. The second-order valence-electron chi connectivity index (χ2n) is 9.79. The molecule has 1 aliphatic carbocycles. The van der Waals surface area contributed by atoms with Crippen LogP contribution in [-0.2, 0) is 0 Å². The van der Waals surface area contributed by atoms with Crippen LogP contribution in [0, 0.1) is 23.4 Å². The van der Waals surface area contributed by atoms with Gasteiger partial charge in [-0.2, -0.15) is 0 Å². The monoisotopic (exact) mass is 470 g/mol. The fourth-order valence-corrected chi connectivity index (χ4v) is 6.49. The standard InChI is InChI=1S/C30H26BF3O/c32-25-14-8-22(9-15-25)30-29(21-5-2-1-3-6-21)28-7-4-20-35(28)31(30,23-10-16-26(33)17-11-23)24-12-18-27(34)19-13-24/h4,7-21H,1-3,5-6H2. The van der Waals surface area contributed by atoms with E-state index in [4.69, 9.17) is 0 Å². The van der Waals surface area contributed by atoms with Gasteiger partial charge in [0.2, 0.25) is 5.76 Å². The SMILES string of the molecule is Fc1ccc(C2=C(C3CCCCC3)c3ccc[o+]3[B-]2(c2ccc(F)cc2)c2ccc(F)cc2)cc1. The van der Waals surface area contributed by atoms with Crippen molar-refractivity contribution in [3.8, 4) is 0 Å². The third-order valence-electron chi connectivity index (χ3n) is 7.92. The van der Waals surface area contributed by atoms with Crippen LogP contribution in [0.25, 0.3) is 11.0 Å². The zero-order chi connectivity index (χ0) is 24.0. The molecule has 0 spiro atoms. The van der Waals surface area contributed by atoms with Gasteiger partial charge in [-0.1, -0.05) is 66.7 Å². The second-order valence-corrected chi connectivity index (χ2v) is 9.79. The highest BCUT2D eigenvalue weighted by Crippen LogP contribution is 2.52. The van der Waals surface area contributed by atoms with Gasteiger partial charge in [-0.3, -0.25) is 0 Å². The number of fused-ring (bicyclic) bond motifs is 1. The maximum Gasteiger partial charge on any atom is 0.420 e. The molecule has 2 aliphatic rings. The molecule has 0 atom stereocenters. The van der Waals surface area contributed by atoms with Crippen molar-refractivity contribution in [3.05, 3.63) is 120 Å². The summed E-state index contributed by atoms with van der Waals surface area (Å²) >= 11 is 0. The average Bonchev–Trinajstić information content (AvgIpc) is 3.46. The Kier molecular flexibility index (Phi) is 5.44. The Labute approximate surface area is 203 Å². The molecule has 0 amide bonds.